The van der Waals surface area contributed by atoms with Crippen LogP contribution in [0.2, 0.25) is 0 Å². The van der Waals surface area contributed by atoms with E-state index in [1.165, 1.54) is 30.9 Å². The molecule has 40 heavy (non-hydrogen) atoms. The Hall–Kier alpha value is -3.51. The molecule has 0 spiro atoms. The first-order valence-electron chi connectivity index (χ1n) is 13.2. The van der Waals surface area contributed by atoms with Gasteiger partial charge in [-0.2, -0.15) is 4.99 Å². The molecule has 6 rings (SSSR count). The van der Waals surface area contributed by atoms with Crippen LogP contribution in [0.15, 0.2) is 98.9 Å². The Morgan fingerprint density at radius 2 is 1.40 bits per heavy atom. The third-order valence-corrected chi connectivity index (χ3v) is 8.65. The smallest absolute Gasteiger partial charge is 0.308 e. The summed E-state index contributed by atoms with van der Waals surface area (Å²) in [5, 5.41) is 2.96. The fraction of sp³-hybridized carbons (Fsp3) is 0.212. The third-order valence-electron chi connectivity index (χ3n) is 6.87. The van der Waals surface area contributed by atoms with Crippen molar-refractivity contribution >= 4 is 61.0 Å². The van der Waals surface area contributed by atoms with Gasteiger partial charge in [0.05, 0.1) is 5.69 Å². The molecule has 0 aromatic heterocycles. The van der Waals surface area contributed by atoms with Crippen molar-refractivity contribution in [2.24, 2.45) is 4.99 Å². The molecule has 5 nitrogen and oxygen atoms in total. The number of carbonyl (C=O) groups is 1. The summed E-state index contributed by atoms with van der Waals surface area (Å²) in [7, 11) is 0. The minimum Gasteiger partial charge on any atom is -0.308 e. The van der Waals surface area contributed by atoms with Gasteiger partial charge in [0.1, 0.15) is 0 Å². The number of isocyanates is 1. The average Bonchev–Trinajstić information content (AvgIpc) is 3.61. The lowest BCUT2D eigenvalue weighted by molar-refractivity contribution is 0.257. The summed E-state index contributed by atoms with van der Waals surface area (Å²) in [5.74, 6) is 0. The van der Waals surface area contributed by atoms with Crippen LogP contribution in [0.3, 0.4) is 0 Å². The highest BCUT2D eigenvalue weighted by Crippen LogP contribution is 2.28. The minimum atomic E-state index is -0.0725. The molecule has 1 N–H and O–H groups in total. The molecule has 2 aliphatic rings. The Balaban J connectivity index is 0.000000155. The van der Waals surface area contributed by atoms with E-state index >= 15 is 0 Å². The van der Waals surface area contributed by atoms with E-state index in [-0.39, 0.29) is 6.03 Å². The largest absolute Gasteiger partial charge is 0.326 e. The number of aryl methyl sites for hydroxylation is 4. The van der Waals surface area contributed by atoms with Crippen LogP contribution in [0.5, 0.6) is 0 Å². The Morgan fingerprint density at radius 3 is 2.02 bits per heavy atom. The zero-order valence-electron chi connectivity index (χ0n) is 22.6. The Kier molecular flexibility index (Phi) is 10.5. The molecule has 1 aliphatic heterocycles. The fourth-order valence-electron chi connectivity index (χ4n) is 4.73. The first-order chi connectivity index (χ1) is 19.4. The van der Waals surface area contributed by atoms with E-state index in [0.29, 0.717) is 5.69 Å². The Bertz CT molecular complexity index is 1520. The van der Waals surface area contributed by atoms with E-state index in [2.05, 4.69) is 72.5 Å². The number of aliphatic imine (C=N–C) groups is 1. The van der Waals surface area contributed by atoms with Gasteiger partial charge < -0.3 is 5.32 Å². The van der Waals surface area contributed by atoms with Crippen molar-refractivity contribution in [1.82, 2.24) is 0 Å². The second-order valence-electron chi connectivity index (χ2n) is 9.68. The molecule has 1 aliphatic carbocycles. The number of hydrogen-bond acceptors (Lipinski definition) is 3. The first-order valence-corrected chi connectivity index (χ1v) is 14.8. The summed E-state index contributed by atoms with van der Waals surface area (Å²) in [6, 6.07) is 27.9. The molecule has 7 heteroatoms. The molecule has 1 heterocycles. The molecule has 204 valence electrons. The van der Waals surface area contributed by atoms with Crippen molar-refractivity contribution in [1.29, 1.82) is 0 Å². The van der Waals surface area contributed by atoms with Crippen molar-refractivity contribution < 1.29 is 9.59 Å². The normalized spacial score (nSPS) is 12.6. The number of urea groups is 1. The second kappa shape index (κ2) is 14.2. The quantitative estimate of drug-likeness (QED) is 0.172. The molecule has 0 bridgehead atoms. The number of para-hydroxylation sites is 1. The summed E-state index contributed by atoms with van der Waals surface area (Å²) in [6.07, 6.45) is 6.37. The van der Waals surface area contributed by atoms with Crippen molar-refractivity contribution in [3.63, 3.8) is 0 Å². The number of nitrogens with one attached hydrogen (secondary N) is 1. The topological polar surface area (TPSA) is 61.8 Å². The van der Waals surface area contributed by atoms with E-state index in [1.54, 1.807) is 22.1 Å². The molecule has 2 amide bonds. The molecule has 0 unspecified atom stereocenters. The lowest BCUT2D eigenvalue weighted by Gasteiger charge is -2.18. The minimum absolute atomic E-state index is 0.0725. The van der Waals surface area contributed by atoms with Gasteiger partial charge in [-0.25, -0.2) is 9.59 Å². The van der Waals surface area contributed by atoms with E-state index in [9.17, 15) is 9.59 Å². The number of nitrogens with zero attached hydrogens (tertiary/aromatic N) is 2. The van der Waals surface area contributed by atoms with E-state index in [4.69, 9.17) is 0 Å². The number of benzene rings is 4. The monoisotopic (exact) mass is 659 g/mol. The number of amides is 2. The van der Waals surface area contributed by atoms with Crippen LogP contribution in [0, 0.1) is 13.8 Å². The number of fused-ring (bicyclic) bond motifs is 2. The van der Waals surface area contributed by atoms with E-state index in [1.807, 2.05) is 62.4 Å². The third kappa shape index (κ3) is 7.79. The zero-order valence-corrected chi connectivity index (χ0v) is 25.8. The Labute approximate surface area is 252 Å². The van der Waals surface area contributed by atoms with Crippen molar-refractivity contribution in [2.75, 3.05) is 16.8 Å². The SMILES string of the molecule is Cc1cc(N=C=O)ccc1Br.Cc1cc(NC(=O)N2CCc3ccccc32)ccc1Br.c1ccc2c(c1)CCC2. The van der Waals surface area contributed by atoms with Gasteiger partial charge in [0.2, 0.25) is 6.08 Å². The van der Waals surface area contributed by atoms with Gasteiger partial charge in [0.15, 0.2) is 0 Å². The highest BCUT2D eigenvalue weighted by atomic mass is 79.9. The summed E-state index contributed by atoms with van der Waals surface area (Å²) in [6.45, 7) is 4.68. The van der Waals surface area contributed by atoms with Gasteiger partial charge in [-0.15, -0.1) is 0 Å². The van der Waals surface area contributed by atoms with Gasteiger partial charge >= 0.3 is 6.03 Å². The van der Waals surface area contributed by atoms with Crippen LogP contribution in [-0.4, -0.2) is 18.7 Å². The zero-order chi connectivity index (χ0) is 28.5. The highest BCUT2D eigenvalue weighted by molar-refractivity contribution is 9.10. The van der Waals surface area contributed by atoms with Gasteiger partial charge in [0, 0.05) is 26.9 Å². The molecule has 0 atom stereocenters. The Morgan fingerprint density at radius 1 is 0.800 bits per heavy atom. The summed E-state index contributed by atoms with van der Waals surface area (Å²) < 4.78 is 2.06. The van der Waals surface area contributed by atoms with Crippen LogP contribution in [0.25, 0.3) is 0 Å². The fourth-order valence-corrected chi connectivity index (χ4v) is 5.22. The standard InChI is InChI=1S/C16H15BrN2O.C9H10.C8H6BrNO/c1-11-10-13(6-7-14(11)17)18-16(20)19-9-8-12-4-2-3-5-15(12)19;1-2-5-9-7-3-6-8(9)4-1;1-6-4-7(10-5-11)2-3-8(6)9/h2-7,10H,8-9H2,1H3,(H,18,20);1-2,4-5H,3,6-7H2;2-4H,1H3. The number of halogens is 2. The molecule has 0 saturated heterocycles. The predicted octanol–water partition coefficient (Wildman–Crippen LogP) is 9.25. The summed E-state index contributed by atoms with van der Waals surface area (Å²) in [4.78, 5) is 27.5. The molecule has 4 aromatic rings. The lowest BCUT2D eigenvalue weighted by atomic mass is 10.1. The van der Waals surface area contributed by atoms with Crippen LogP contribution >= 0.6 is 31.9 Å². The molecule has 0 saturated carbocycles. The number of carbonyl (C=O) groups excluding carboxylic acids is 2. The maximum Gasteiger partial charge on any atom is 0.326 e. The van der Waals surface area contributed by atoms with Crippen LogP contribution in [-0.2, 0) is 24.1 Å². The van der Waals surface area contributed by atoms with Crippen molar-refractivity contribution in [3.8, 4) is 0 Å². The molecule has 0 radical (unpaired) electrons. The molecular weight excluding hydrogens is 630 g/mol. The average molecular weight is 661 g/mol. The predicted molar refractivity (Wildman–Crippen MR) is 171 cm³/mol. The maximum atomic E-state index is 12.4. The molecule has 4 aromatic carbocycles. The van der Waals surface area contributed by atoms with Crippen LogP contribution in [0.4, 0.5) is 21.9 Å². The highest BCUT2D eigenvalue weighted by Gasteiger charge is 2.24. The van der Waals surface area contributed by atoms with Gasteiger partial charge in [0.25, 0.3) is 0 Å². The summed E-state index contributed by atoms with van der Waals surface area (Å²) >= 11 is 6.80. The number of hydrogen-bond donors (Lipinski definition) is 1. The van der Waals surface area contributed by atoms with E-state index in [0.717, 1.165) is 44.4 Å². The van der Waals surface area contributed by atoms with Gasteiger partial charge in [-0.05, 0) is 110 Å². The molecular formula is C33H31Br2N3O2. The van der Waals surface area contributed by atoms with Crippen molar-refractivity contribution in [2.45, 2.75) is 39.5 Å². The second-order valence-corrected chi connectivity index (χ2v) is 11.4. The number of anilines is 2. The van der Waals surface area contributed by atoms with E-state index < -0.39 is 0 Å². The summed E-state index contributed by atoms with van der Waals surface area (Å²) in [5.41, 5.74) is 9.00. The van der Waals surface area contributed by atoms with Gasteiger partial charge in [-0.1, -0.05) is 74.3 Å². The van der Waals surface area contributed by atoms with Crippen molar-refractivity contribution in [3.05, 3.63) is 122 Å². The first kappa shape index (κ1) is 29.5. The van der Waals surface area contributed by atoms with Gasteiger partial charge in [-0.3, -0.25) is 4.90 Å². The number of rotatable bonds is 2. The van der Waals surface area contributed by atoms with Crippen LogP contribution < -0.4 is 10.2 Å². The maximum absolute atomic E-state index is 12.4. The molecule has 0 fully saturated rings. The van der Waals surface area contributed by atoms with Crippen LogP contribution in [0.1, 0.15) is 34.2 Å². The lowest BCUT2D eigenvalue weighted by Crippen LogP contribution is -2.33.